The van der Waals surface area contributed by atoms with E-state index < -0.39 is 0 Å². The van der Waals surface area contributed by atoms with Crippen molar-refractivity contribution in [3.63, 3.8) is 0 Å². The molecule has 3 heterocycles. The van der Waals surface area contributed by atoms with Crippen LogP contribution in [0.1, 0.15) is 11.1 Å². The van der Waals surface area contributed by atoms with Crippen molar-refractivity contribution in [2.45, 2.75) is 6.54 Å². The minimum atomic E-state index is -0.116. The van der Waals surface area contributed by atoms with Gasteiger partial charge in [0, 0.05) is 10.9 Å². The number of benzene rings is 1. The average molecular weight is 333 g/mol. The largest absolute Gasteiger partial charge is 0.464 e. The Bertz CT molecular complexity index is 1120. The van der Waals surface area contributed by atoms with Crippen LogP contribution in [0.5, 0.6) is 0 Å². The normalized spacial score (nSPS) is 10.8. The summed E-state index contributed by atoms with van der Waals surface area (Å²) in [4.78, 5) is 18.0. The Hall–Kier alpha value is -3.17. The van der Waals surface area contributed by atoms with Crippen molar-refractivity contribution in [3.05, 3.63) is 75.8 Å². The monoisotopic (exact) mass is 333 g/mol. The molecule has 0 unspecified atom stereocenters. The predicted octanol–water partition coefficient (Wildman–Crippen LogP) is 3.64. The quantitative estimate of drug-likeness (QED) is 0.574. The number of nitriles is 1. The highest BCUT2D eigenvalue weighted by molar-refractivity contribution is 7.17. The molecule has 4 rings (SSSR count). The third kappa shape index (κ3) is 2.41. The van der Waals surface area contributed by atoms with Crippen LogP contribution in [0.2, 0.25) is 0 Å². The Balaban J connectivity index is 1.82. The highest BCUT2D eigenvalue weighted by Gasteiger charge is 2.15. The molecule has 1 aromatic carbocycles. The van der Waals surface area contributed by atoms with Crippen molar-refractivity contribution in [3.8, 4) is 17.4 Å². The van der Waals surface area contributed by atoms with E-state index in [-0.39, 0.29) is 5.56 Å². The number of aromatic nitrogens is 2. The van der Waals surface area contributed by atoms with Gasteiger partial charge in [-0.1, -0.05) is 12.1 Å². The lowest BCUT2D eigenvalue weighted by atomic mass is 10.1. The molecule has 0 fully saturated rings. The molecule has 0 amide bonds. The van der Waals surface area contributed by atoms with Crippen molar-refractivity contribution in [2.75, 3.05) is 0 Å². The molecular formula is C18H11N3O2S. The Kier molecular flexibility index (Phi) is 3.48. The van der Waals surface area contributed by atoms with E-state index in [1.165, 1.54) is 11.3 Å². The highest BCUT2D eigenvalue weighted by Crippen LogP contribution is 2.30. The van der Waals surface area contributed by atoms with E-state index >= 15 is 0 Å². The van der Waals surface area contributed by atoms with Crippen molar-refractivity contribution in [1.29, 1.82) is 5.26 Å². The summed E-state index contributed by atoms with van der Waals surface area (Å²) in [7, 11) is 0. The molecule has 0 radical (unpaired) electrons. The minimum absolute atomic E-state index is 0.116. The van der Waals surface area contributed by atoms with Gasteiger partial charge >= 0.3 is 0 Å². The van der Waals surface area contributed by atoms with E-state index in [9.17, 15) is 4.79 Å². The van der Waals surface area contributed by atoms with E-state index in [2.05, 4.69) is 11.1 Å². The van der Waals surface area contributed by atoms with Gasteiger partial charge in [0.25, 0.3) is 5.56 Å². The van der Waals surface area contributed by atoms with E-state index in [1.807, 2.05) is 23.6 Å². The molecule has 6 heteroatoms. The van der Waals surface area contributed by atoms with E-state index in [0.717, 1.165) is 11.1 Å². The van der Waals surface area contributed by atoms with Crippen LogP contribution in [0.25, 0.3) is 21.5 Å². The first kappa shape index (κ1) is 14.4. The first-order valence-corrected chi connectivity index (χ1v) is 8.14. The van der Waals surface area contributed by atoms with Crippen LogP contribution in [0.15, 0.2) is 63.6 Å². The number of hydrogen-bond donors (Lipinski definition) is 0. The summed E-state index contributed by atoms with van der Waals surface area (Å²) in [6.07, 6.45) is 3.13. The number of rotatable bonds is 3. The van der Waals surface area contributed by atoms with Gasteiger partial charge in [0.1, 0.15) is 10.6 Å². The molecule has 0 aliphatic rings. The molecule has 0 aliphatic heterocycles. The third-order valence-corrected chi connectivity index (χ3v) is 4.64. The summed E-state index contributed by atoms with van der Waals surface area (Å²) in [6, 6.07) is 12.9. The lowest BCUT2D eigenvalue weighted by molar-refractivity contribution is 0.583. The number of fused-ring (bicyclic) bond motifs is 1. The SMILES string of the molecule is N#Cc1cccc(Cn2cnc3scc(-c4ccco4)c3c2=O)c1. The molecule has 24 heavy (non-hydrogen) atoms. The minimum Gasteiger partial charge on any atom is -0.464 e. The third-order valence-electron chi connectivity index (χ3n) is 3.76. The zero-order chi connectivity index (χ0) is 16.5. The van der Waals surface area contributed by atoms with Crippen LogP contribution < -0.4 is 5.56 Å². The maximum atomic E-state index is 12.9. The Morgan fingerprint density at radius 2 is 2.21 bits per heavy atom. The van der Waals surface area contributed by atoms with Gasteiger partial charge in [-0.25, -0.2) is 4.98 Å². The Labute approximate surface area is 141 Å². The Morgan fingerprint density at radius 3 is 3.00 bits per heavy atom. The van der Waals surface area contributed by atoms with Crippen molar-refractivity contribution in [1.82, 2.24) is 9.55 Å². The fourth-order valence-corrected chi connectivity index (χ4v) is 3.52. The van der Waals surface area contributed by atoms with Gasteiger partial charge in [0.15, 0.2) is 0 Å². The fourth-order valence-electron chi connectivity index (χ4n) is 2.63. The number of hydrogen-bond acceptors (Lipinski definition) is 5. The van der Waals surface area contributed by atoms with E-state index in [4.69, 9.17) is 9.68 Å². The number of thiophene rings is 1. The topological polar surface area (TPSA) is 71.8 Å². The van der Waals surface area contributed by atoms with Crippen molar-refractivity contribution < 1.29 is 4.42 Å². The van der Waals surface area contributed by atoms with Crippen LogP contribution in [0, 0.1) is 11.3 Å². The Morgan fingerprint density at radius 1 is 1.29 bits per heavy atom. The number of nitrogens with zero attached hydrogens (tertiary/aromatic N) is 3. The maximum Gasteiger partial charge on any atom is 0.263 e. The summed E-state index contributed by atoms with van der Waals surface area (Å²) in [5.74, 6) is 0.657. The molecule has 0 atom stereocenters. The summed E-state index contributed by atoms with van der Waals surface area (Å²) in [5.41, 5.74) is 2.10. The van der Waals surface area contributed by atoms with Gasteiger partial charge in [0.2, 0.25) is 0 Å². The lowest BCUT2D eigenvalue weighted by Gasteiger charge is -2.06. The molecule has 3 aromatic heterocycles. The molecule has 4 aromatic rings. The van der Waals surface area contributed by atoms with Gasteiger partial charge in [-0.3, -0.25) is 9.36 Å². The molecule has 0 bridgehead atoms. The summed E-state index contributed by atoms with van der Waals surface area (Å²) in [6.45, 7) is 0.366. The summed E-state index contributed by atoms with van der Waals surface area (Å²) < 4.78 is 6.98. The molecule has 0 saturated carbocycles. The van der Waals surface area contributed by atoms with Gasteiger partial charge < -0.3 is 4.42 Å². The van der Waals surface area contributed by atoms with Gasteiger partial charge in [-0.05, 0) is 29.8 Å². The maximum absolute atomic E-state index is 12.9. The molecule has 116 valence electrons. The second-order valence-electron chi connectivity index (χ2n) is 5.30. The second kappa shape index (κ2) is 5.80. The van der Waals surface area contributed by atoms with E-state index in [1.54, 1.807) is 35.4 Å². The van der Waals surface area contributed by atoms with Gasteiger partial charge in [-0.15, -0.1) is 11.3 Å². The zero-order valence-electron chi connectivity index (χ0n) is 12.5. The standard InChI is InChI=1S/C18H11N3O2S/c19-8-12-3-1-4-13(7-12)9-21-11-20-17-16(18(21)22)14(10-24-17)15-5-2-6-23-15/h1-7,10-11H,9H2. The van der Waals surface area contributed by atoms with Crippen LogP contribution >= 0.6 is 11.3 Å². The predicted molar refractivity (Wildman–Crippen MR) is 91.8 cm³/mol. The van der Waals surface area contributed by atoms with Gasteiger partial charge in [-0.2, -0.15) is 5.26 Å². The molecule has 0 aliphatic carbocycles. The molecule has 0 saturated heterocycles. The van der Waals surface area contributed by atoms with Crippen LogP contribution in [-0.4, -0.2) is 9.55 Å². The summed E-state index contributed by atoms with van der Waals surface area (Å²) >= 11 is 1.42. The first-order valence-electron chi connectivity index (χ1n) is 7.26. The molecule has 0 N–H and O–H groups in total. The van der Waals surface area contributed by atoms with Crippen LogP contribution in [-0.2, 0) is 6.54 Å². The lowest BCUT2D eigenvalue weighted by Crippen LogP contribution is -2.21. The smallest absolute Gasteiger partial charge is 0.263 e. The zero-order valence-corrected chi connectivity index (χ0v) is 13.3. The molecular weight excluding hydrogens is 322 g/mol. The fraction of sp³-hybridized carbons (Fsp3) is 0.0556. The first-order chi connectivity index (χ1) is 11.8. The second-order valence-corrected chi connectivity index (χ2v) is 6.15. The highest BCUT2D eigenvalue weighted by atomic mass is 32.1. The van der Waals surface area contributed by atoms with E-state index in [0.29, 0.717) is 28.1 Å². The van der Waals surface area contributed by atoms with Crippen molar-refractivity contribution >= 4 is 21.6 Å². The average Bonchev–Trinajstić information content (AvgIpc) is 3.27. The van der Waals surface area contributed by atoms with Crippen LogP contribution in [0.3, 0.4) is 0 Å². The van der Waals surface area contributed by atoms with Gasteiger partial charge in [0.05, 0.1) is 36.2 Å². The van der Waals surface area contributed by atoms with Crippen molar-refractivity contribution in [2.24, 2.45) is 0 Å². The molecule has 5 nitrogen and oxygen atoms in total. The van der Waals surface area contributed by atoms with Crippen LogP contribution in [0.4, 0.5) is 0 Å². The number of furan rings is 1. The summed E-state index contributed by atoms with van der Waals surface area (Å²) in [5, 5.41) is 11.4. The molecule has 0 spiro atoms.